The Kier molecular flexibility index (Phi) is 7.90. The molecule has 0 aliphatic heterocycles. The predicted octanol–water partition coefficient (Wildman–Crippen LogP) is 5.09. The molecule has 0 bridgehead atoms. The molecule has 112 valence electrons. The zero-order valence-corrected chi connectivity index (χ0v) is 14.4. The molecule has 0 fully saturated rings. The van der Waals surface area contributed by atoms with Crippen molar-refractivity contribution in [1.29, 1.82) is 0 Å². The molecule has 0 aliphatic rings. The van der Waals surface area contributed by atoms with Gasteiger partial charge in [0.15, 0.2) is 0 Å². The number of rotatable bonds is 8. The highest BCUT2D eigenvalue weighted by Crippen LogP contribution is 2.18. The maximum atomic E-state index is 12.1. The van der Waals surface area contributed by atoms with Crippen LogP contribution in [0.3, 0.4) is 0 Å². The molecule has 0 saturated heterocycles. The lowest BCUT2D eigenvalue weighted by molar-refractivity contribution is 0.0952. The maximum absolute atomic E-state index is 12.1. The summed E-state index contributed by atoms with van der Waals surface area (Å²) in [7, 11) is 0. The van der Waals surface area contributed by atoms with E-state index in [0.29, 0.717) is 0 Å². The number of aryl methyl sites for hydroxylation is 1. The maximum Gasteiger partial charge on any atom is 0.252 e. The summed E-state index contributed by atoms with van der Waals surface area (Å²) in [5.41, 5.74) is 1.83. The Bertz CT molecular complexity index is 429. The molecule has 1 aromatic rings. The van der Waals surface area contributed by atoms with E-state index in [4.69, 9.17) is 0 Å². The van der Waals surface area contributed by atoms with Gasteiger partial charge in [-0.3, -0.25) is 4.79 Å². The van der Waals surface area contributed by atoms with Crippen LogP contribution in [0.2, 0.25) is 0 Å². The number of carbonyl (C=O) groups is 1. The fourth-order valence-corrected chi connectivity index (χ4v) is 2.57. The summed E-state index contributed by atoms with van der Waals surface area (Å²) < 4.78 is 0.859. The van der Waals surface area contributed by atoms with Gasteiger partial charge in [-0.2, -0.15) is 0 Å². The van der Waals surface area contributed by atoms with Crippen molar-refractivity contribution in [3.8, 4) is 0 Å². The topological polar surface area (TPSA) is 29.1 Å². The third-order valence-electron chi connectivity index (χ3n) is 3.36. The van der Waals surface area contributed by atoms with Gasteiger partial charge in [0, 0.05) is 11.0 Å². The van der Waals surface area contributed by atoms with Crippen LogP contribution >= 0.6 is 15.9 Å². The molecule has 0 heterocycles. The predicted molar refractivity (Wildman–Crippen MR) is 89.1 cm³/mol. The van der Waals surface area contributed by atoms with Crippen molar-refractivity contribution >= 4 is 21.8 Å². The van der Waals surface area contributed by atoms with Crippen molar-refractivity contribution in [1.82, 2.24) is 5.32 Å². The van der Waals surface area contributed by atoms with E-state index in [1.807, 2.05) is 25.1 Å². The number of amides is 1. The second-order valence-electron chi connectivity index (χ2n) is 5.84. The van der Waals surface area contributed by atoms with Crippen molar-refractivity contribution < 1.29 is 4.79 Å². The minimum absolute atomic E-state index is 0.0164. The summed E-state index contributed by atoms with van der Waals surface area (Å²) in [6, 6.07) is 5.84. The first-order valence-electron chi connectivity index (χ1n) is 7.55. The molecule has 20 heavy (non-hydrogen) atoms. The van der Waals surface area contributed by atoms with Crippen LogP contribution in [0, 0.1) is 12.8 Å². The zero-order valence-electron chi connectivity index (χ0n) is 12.8. The van der Waals surface area contributed by atoms with E-state index in [2.05, 4.69) is 35.1 Å². The van der Waals surface area contributed by atoms with Gasteiger partial charge in [0.05, 0.1) is 5.56 Å². The lowest BCUT2D eigenvalue weighted by Crippen LogP contribution is -2.24. The van der Waals surface area contributed by atoms with Crippen LogP contribution in [0.5, 0.6) is 0 Å². The van der Waals surface area contributed by atoms with Crippen LogP contribution < -0.4 is 5.32 Å². The molecule has 2 nitrogen and oxygen atoms in total. The van der Waals surface area contributed by atoms with E-state index in [1.54, 1.807) is 0 Å². The monoisotopic (exact) mass is 339 g/mol. The largest absolute Gasteiger partial charge is 0.352 e. The number of halogens is 1. The smallest absolute Gasteiger partial charge is 0.252 e. The lowest BCUT2D eigenvalue weighted by Gasteiger charge is -2.08. The number of benzene rings is 1. The molecule has 1 amide bonds. The van der Waals surface area contributed by atoms with Crippen molar-refractivity contribution in [3.63, 3.8) is 0 Å². The third-order valence-corrected chi connectivity index (χ3v) is 4.05. The van der Waals surface area contributed by atoms with Crippen LogP contribution in [-0.2, 0) is 0 Å². The number of hydrogen-bond acceptors (Lipinski definition) is 1. The normalized spacial score (nSPS) is 10.8. The highest BCUT2D eigenvalue weighted by molar-refractivity contribution is 9.10. The Morgan fingerprint density at radius 3 is 2.60 bits per heavy atom. The van der Waals surface area contributed by atoms with Gasteiger partial charge in [-0.1, -0.05) is 51.2 Å². The van der Waals surface area contributed by atoms with Gasteiger partial charge in [-0.15, -0.1) is 0 Å². The summed E-state index contributed by atoms with van der Waals surface area (Å²) in [6.07, 6.45) is 6.13. The Hall–Kier alpha value is -0.830. The summed E-state index contributed by atoms with van der Waals surface area (Å²) in [5.74, 6) is 0.816. The van der Waals surface area contributed by atoms with E-state index >= 15 is 0 Å². The molecule has 0 atom stereocenters. The third kappa shape index (κ3) is 6.56. The summed E-state index contributed by atoms with van der Waals surface area (Å²) >= 11 is 3.43. The van der Waals surface area contributed by atoms with Gasteiger partial charge < -0.3 is 5.32 Å². The molecule has 0 radical (unpaired) electrons. The van der Waals surface area contributed by atoms with Gasteiger partial charge in [0.2, 0.25) is 0 Å². The average molecular weight is 340 g/mol. The van der Waals surface area contributed by atoms with Crippen LogP contribution in [0.1, 0.15) is 61.9 Å². The molecular weight excluding hydrogens is 314 g/mol. The number of unbranched alkanes of at least 4 members (excludes halogenated alkanes) is 3. The SMILES string of the molecule is Cc1ccc(Br)c(C(=O)NCCCCCCC(C)C)c1. The summed E-state index contributed by atoms with van der Waals surface area (Å²) in [6.45, 7) is 7.29. The molecular formula is C17H26BrNO. The second-order valence-corrected chi connectivity index (χ2v) is 6.69. The quantitative estimate of drug-likeness (QED) is 0.656. The standard InChI is InChI=1S/C17H26BrNO/c1-13(2)8-6-4-5-7-11-19-17(20)15-12-14(3)9-10-16(15)18/h9-10,12-13H,4-8,11H2,1-3H3,(H,19,20). The first-order chi connectivity index (χ1) is 9.50. The second kappa shape index (κ2) is 9.17. The first kappa shape index (κ1) is 17.2. The minimum Gasteiger partial charge on any atom is -0.352 e. The van der Waals surface area contributed by atoms with E-state index in [0.717, 1.165) is 34.5 Å². The molecule has 1 rings (SSSR count). The van der Waals surface area contributed by atoms with Gasteiger partial charge in [0.25, 0.3) is 5.91 Å². The molecule has 0 aromatic heterocycles. The Labute approximate surface area is 131 Å². The van der Waals surface area contributed by atoms with Crippen molar-refractivity contribution in [2.45, 2.75) is 52.9 Å². The van der Waals surface area contributed by atoms with Crippen molar-refractivity contribution in [3.05, 3.63) is 33.8 Å². The van der Waals surface area contributed by atoms with Crippen LogP contribution in [0.4, 0.5) is 0 Å². The fourth-order valence-electron chi connectivity index (χ4n) is 2.14. The lowest BCUT2D eigenvalue weighted by atomic mass is 10.0. The Morgan fingerprint density at radius 1 is 1.20 bits per heavy atom. The van der Waals surface area contributed by atoms with Gasteiger partial charge in [-0.05, 0) is 47.3 Å². The molecule has 0 unspecified atom stereocenters. The van der Waals surface area contributed by atoms with E-state index in [9.17, 15) is 4.79 Å². The Balaban J connectivity index is 2.22. The van der Waals surface area contributed by atoms with E-state index in [1.165, 1.54) is 25.7 Å². The van der Waals surface area contributed by atoms with Crippen LogP contribution in [-0.4, -0.2) is 12.5 Å². The van der Waals surface area contributed by atoms with Gasteiger partial charge >= 0.3 is 0 Å². The minimum atomic E-state index is 0.0164. The van der Waals surface area contributed by atoms with Gasteiger partial charge in [-0.25, -0.2) is 0 Å². The summed E-state index contributed by atoms with van der Waals surface area (Å²) in [5, 5.41) is 3.00. The zero-order chi connectivity index (χ0) is 15.0. The molecule has 0 aliphatic carbocycles. The highest BCUT2D eigenvalue weighted by Gasteiger charge is 2.09. The Morgan fingerprint density at radius 2 is 1.90 bits per heavy atom. The first-order valence-corrected chi connectivity index (χ1v) is 8.34. The molecule has 0 saturated carbocycles. The highest BCUT2D eigenvalue weighted by atomic mass is 79.9. The summed E-state index contributed by atoms with van der Waals surface area (Å²) in [4.78, 5) is 12.1. The number of carbonyl (C=O) groups excluding carboxylic acids is 1. The van der Waals surface area contributed by atoms with Crippen LogP contribution in [0.15, 0.2) is 22.7 Å². The van der Waals surface area contributed by atoms with E-state index in [-0.39, 0.29) is 5.91 Å². The van der Waals surface area contributed by atoms with Gasteiger partial charge in [0.1, 0.15) is 0 Å². The molecule has 3 heteroatoms. The van der Waals surface area contributed by atoms with E-state index < -0.39 is 0 Å². The number of nitrogens with one attached hydrogen (secondary N) is 1. The fraction of sp³-hybridized carbons (Fsp3) is 0.588. The molecule has 1 aromatic carbocycles. The van der Waals surface area contributed by atoms with Crippen molar-refractivity contribution in [2.24, 2.45) is 5.92 Å². The number of hydrogen-bond donors (Lipinski definition) is 1. The average Bonchev–Trinajstić information content (AvgIpc) is 2.39. The van der Waals surface area contributed by atoms with Crippen molar-refractivity contribution in [2.75, 3.05) is 6.54 Å². The molecule has 0 spiro atoms. The van der Waals surface area contributed by atoms with Crippen LogP contribution in [0.25, 0.3) is 0 Å². The molecule has 1 N–H and O–H groups in total.